The van der Waals surface area contributed by atoms with Crippen LogP contribution in [-0.2, 0) is 6.54 Å². The number of carbonyl (C=O) groups is 1. The molecule has 0 fully saturated rings. The van der Waals surface area contributed by atoms with E-state index in [1.807, 2.05) is 31.4 Å². The fourth-order valence-electron chi connectivity index (χ4n) is 2.53. The molecule has 0 aliphatic heterocycles. The molecule has 0 bridgehead atoms. The van der Waals surface area contributed by atoms with Gasteiger partial charge in [0.25, 0.3) is 0 Å². The highest BCUT2D eigenvalue weighted by Gasteiger charge is 2.20. The van der Waals surface area contributed by atoms with E-state index in [1.54, 1.807) is 31.8 Å². The summed E-state index contributed by atoms with van der Waals surface area (Å²) in [5.74, 6) is 1.47. The average molecular weight is 370 g/mol. The van der Waals surface area contributed by atoms with Crippen molar-refractivity contribution in [2.24, 2.45) is 0 Å². The van der Waals surface area contributed by atoms with E-state index in [4.69, 9.17) is 4.52 Å². The van der Waals surface area contributed by atoms with Crippen molar-refractivity contribution in [1.29, 1.82) is 0 Å². The van der Waals surface area contributed by atoms with Gasteiger partial charge in [0.1, 0.15) is 12.9 Å². The maximum Gasteiger partial charge on any atom is 0.318 e. The minimum absolute atomic E-state index is 0.183. The van der Waals surface area contributed by atoms with E-state index >= 15 is 0 Å². The summed E-state index contributed by atoms with van der Waals surface area (Å²) in [5, 5.41) is 14.9. The lowest BCUT2D eigenvalue weighted by atomic mass is 10.3. The number of nitrogens with one attached hydrogen (secondary N) is 1. The van der Waals surface area contributed by atoms with E-state index in [-0.39, 0.29) is 24.7 Å². The molecule has 0 unspecified atom stereocenters. The van der Waals surface area contributed by atoms with Gasteiger partial charge in [-0.25, -0.2) is 4.79 Å². The van der Waals surface area contributed by atoms with Gasteiger partial charge in [0.15, 0.2) is 5.82 Å². The van der Waals surface area contributed by atoms with Gasteiger partial charge in [0.05, 0.1) is 6.04 Å². The molecule has 0 spiro atoms. The summed E-state index contributed by atoms with van der Waals surface area (Å²) in [5.41, 5.74) is 0.751. The van der Waals surface area contributed by atoms with Crippen LogP contribution in [0.15, 0.2) is 35.4 Å². The van der Waals surface area contributed by atoms with Gasteiger partial charge in [-0.2, -0.15) is 4.98 Å². The number of rotatable bonds is 6. The van der Waals surface area contributed by atoms with Crippen LogP contribution in [0.2, 0.25) is 0 Å². The molecule has 3 aromatic heterocycles. The van der Waals surface area contributed by atoms with E-state index in [9.17, 15) is 4.79 Å². The second kappa shape index (κ2) is 7.94. The Bertz CT molecular complexity index is 889. The normalized spacial score (nSPS) is 12.2. The highest BCUT2D eigenvalue weighted by atomic mass is 16.5. The Kier molecular flexibility index (Phi) is 5.43. The number of pyridine rings is 1. The monoisotopic (exact) mass is 370 g/mol. The lowest BCUT2D eigenvalue weighted by molar-refractivity contribution is 0.195. The summed E-state index contributed by atoms with van der Waals surface area (Å²) in [4.78, 5) is 22.3. The van der Waals surface area contributed by atoms with Crippen molar-refractivity contribution in [3.8, 4) is 11.4 Å². The van der Waals surface area contributed by atoms with Gasteiger partial charge in [-0.3, -0.25) is 4.98 Å². The van der Waals surface area contributed by atoms with E-state index < -0.39 is 0 Å². The summed E-state index contributed by atoms with van der Waals surface area (Å²) in [6, 6.07) is 3.27. The molecule has 0 saturated carbocycles. The Morgan fingerprint density at radius 2 is 2.19 bits per heavy atom. The number of hydrogen-bond acceptors (Lipinski definition) is 7. The summed E-state index contributed by atoms with van der Waals surface area (Å²) in [7, 11) is 1.66. The molecule has 3 heterocycles. The van der Waals surface area contributed by atoms with Crippen LogP contribution in [0.4, 0.5) is 4.79 Å². The summed E-state index contributed by atoms with van der Waals surface area (Å²) >= 11 is 0. The standard InChI is InChI=1S/C17H22N8O2/c1-11(2)25-10-19-22-16(25)12(3)20-17(26)24(4)9-14-21-15(23-27-14)13-6-5-7-18-8-13/h5-8,10-12H,9H2,1-4H3,(H,20,26)/t12-/m0/s1. The minimum Gasteiger partial charge on any atom is -0.337 e. The smallest absolute Gasteiger partial charge is 0.318 e. The molecule has 0 aromatic carbocycles. The average Bonchev–Trinajstić information content (AvgIpc) is 3.32. The number of nitrogens with zero attached hydrogens (tertiary/aromatic N) is 7. The van der Waals surface area contributed by atoms with Gasteiger partial charge in [-0.05, 0) is 32.9 Å². The van der Waals surface area contributed by atoms with Gasteiger partial charge >= 0.3 is 6.03 Å². The molecule has 142 valence electrons. The highest BCUT2D eigenvalue weighted by molar-refractivity contribution is 5.74. The zero-order chi connectivity index (χ0) is 19.4. The number of amides is 2. The maximum atomic E-state index is 12.5. The summed E-state index contributed by atoms with van der Waals surface area (Å²) < 4.78 is 7.15. The molecule has 10 nitrogen and oxygen atoms in total. The molecule has 27 heavy (non-hydrogen) atoms. The van der Waals surface area contributed by atoms with Gasteiger partial charge in [-0.1, -0.05) is 5.16 Å². The van der Waals surface area contributed by atoms with Crippen LogP contribution in [0.5, 0.6) is 0 Å². The lowest BCUT2D eigenvalue weighted by Gasteiger charge is -2.21. The quantitative estimate of drug-likeness (QED) is 0.707. The van der Waals surface area contributed by atoms with Crippen molar-refractivity contribution >= 4 is 6.03 Å². The maximum absolute atomic E-state index is 12.5. The predicted molar refractivity (Wildman–Crippen MR) is 96.3 cm³/mol. The van der Waals surface area contributed by atoms with Crippen LogP contribution in [0.1, 0.15) is 44.6 Å². The van der Waals surface area contributed by atoms with Gasteiger partial charge < -0.3 is 19.3 Å². The molecule has 10 heteroatoms. The van der Waals surface area contributed by atoms with Crippen LogP contribution < -0.4 is 5.32 Å². The first kappa shape index (κ1) is 18.5. The summed E-state index contributed by atoms with van der Waals surface area (Å²) in [6.45, 7) is 6.11. The second-order valence-corrected chi connectivity index (χ2v) is 6.47. The van der Waals surface area contributed by atoms with E-state index in [0.717, 1.165) is 5.56 Å². The van der Waals surface area contributed by atoms with Crippen molar-refractivity contribution in [2.45, 2.75) is 39.4 Å². The first-order chi connectivity index (χ1) is 13.0. The minimum atomic E-state index is -0.293. The predicted octanol–water partition coefficient (Wildman–Crippen LogP) is 2.21. The number of aromatic nitrogens is 6. The molecule has 0 saturated heterocycles. The van der Waals surface area contributed by atoms with Crippen molar-refractivity contribution in [3.05, 3.63) is 42.6 Å². The van der Waals surface area contributed by atoms with Crippen molar-refractivity contribution < 1.29 is 9.32 Å². The number of hydrogen-bond donors (Lipinski definition) is 1. The molecular formula is C17H22N8O2. The van der Waals surface area contributed by atoms with Crippen molar-refractivity contribution in [2.75, 3.05) is 7.05 Å². The van der Waals surface area contributed by atoms with Gasteiger partial charge in [0.2, 0.25) is 11.7 Å². The first-order valence-electron chi connectivity index (χ1n) is 8.59. The lowest BCUT2D eigenvalue weighted by Crippen LogP contribution is -2.39. The van der Waals surface area contributed by atoms with Crippen LogP contribution in [0, 0.1) is 0 Å². The summed E-state index contributed by atoms with van der Waals surface area (Å²) in [6.07, 6.45) is 4.98. The molecule has 3 aromatic rings. The molecule has 0 aliphatic rings. The van der Waals surface area contributed by atoms with E-state index in [2.05, 4.69) is 30.6 Å². The van der Waals surface area contributed by atoms with Crippen molar-refractivity contribution in [1.82, 2.24) is 40.1 Å². The zero-order valence-corrected chi connectivity index (χ0v) is 15.7. The van der Waals surface area contributed by atoms with Gasteiger partial charge in [-0.15, -0.1) is 10.2 Å². The Hall–Kier alpha value is -3.30. The second-order valence-electron chi connectivity index (χ2n) is 6.47. The van der Waals surface area contributed by atoms with E-state index in [1.165, 1.54) is 4.90 Å². The highest BCUT2D eigenvalue weighted by Crippen LogP contribution is 2.16. The Morgan fingerprint density at radius 3 is 2.89 bits per heavy atom. The fourth-order valence-corrected chi connectivity index (χ4v) is 2.53. The van der Waals surface area contributed by atoms with Crippen LogP contribution in [-0.4, -0.2) is 47.9 Å². The largest absolute Gasteiger partial charge is 0.337 e. The fraction of sp³-hybridized carbons (Fsp3) is 0.412. The Labute approximate surface area is 156 Å². The molecule has 0 aliphatic carbocycles. The molecule has 2 amide bonds. The SMILES string of the molecule is CC(C)n1cnnc1[C@H](C)NC(=O)N(C)Cc1nc(-c2cccnc2)no1. The Morgan fingerprint density at radius 1 is 1.37 bits per heavy atom. The molecule has 1 N–H and O–H groups in total. The third-order valence-corrected chi connectivity index (χ3v) is 3.99. The van der Waals surface area contributed by atoms with Gasteiger partial charge in [0, 0.05) is 31.0 Å². The van der Waals surface area contributed by atoms with Crippen LogP contribution >= 0.6 is 0 Å². The molecule has 0 radical (unpaired) electrons. The third kappa shape index (κ3) is 4.27. The number of carbonyl (C=O) groups excluding carboxylic acids is 1. The van der Waals surface area contributed by atoms with Crippen molar-refractivity contribution in [3.63, 3.8) is 0 Å². The van der Waals surface area contributed by atoms with E-state index in [0.29, 0.717) is 17.5 Å². The molecular weight excluding hydrogens is 348 g/mol. The zero-order valence-electron chi connectivity index (χ0n) is 15.7. The molecule has 3 rings (SSSR count). The molecule has 1 atom stereocenters. The Balaban J connectivity index is 1.61. The first-order valence-corrected chi connectivity index (χ1v) is 8.59. The van der Waals surface area contributed by atoms with Crippen LogP contribution in [0.3, 0.4) is 0 Å². The van der Waals surface area contributed by atoms with Crippen LogP contribution in [0.25, 0.3) is 11.4 Å². The topological polar surface area (TPSA) is 115 Å². The third-order valence-electron chi connectivity index (χ3n) is 3.99. The number of urea groups is 1.